The van der Waals surface area contributed by atoms with Gasteiger partial charge in [-0.2, -0.15) is 13.2 Å². The van der Waals surface area contributed by atoms with Crippen LogP contribution in [0.1, 0.15) is 35.3 Å². The molecule has 0 aromatic heterocycles. The molecule has 0 bridgehead atoms. The number of hydrazine groups is 1. The van der Waals surface area contributed by atoms with E-state index >= 15 is 0 Å². The number of nitrogens with zero attached hydrogens (tertiary/aromatic N) is 2. The van der Waals surface area contributed by atoms with Gasteiger partial charge in [0.25, 0.3) is 5.91 Å². The molecule has 0 aliphatic heterocycles. The summed E-state index contributed by atoms with van der Waals surface area (Å²) in [4.78, 5) is 13.1. The van der Waals surface area contributed by atoms with Crippen LogP contribution in [0.3, 0.4) is 0 Å². The molecule has 146 valence electrons. The highest BCUT2D eigenvalue weighted by molar-refractivity contribution is 6.42. The largest absolute Gasteiger partial charge is 0.417 e. The lowest BCUT2D eigenvalue weighted by Gasteiger charge is -2.34. The predicted molar refractivity (Wildman–Crippen MR) is 101 cm³/mol. The molecule has 2 rings (SSSR count). The van der Waals surface area contributed by atoms with Crippen LogP contribution in [0.4, 0.5) is 13.2 Å². The first-order valence-electron chi connectivity index (χ1n) is 8.36. The van der Waals surface area contributed by atoms with Crippen LogP contribution in [-0.2, 0) is 12.7 Å². The highest BCUT2D eigenvalue weighted by Crippen LogP contribution is 2.33. The Hall–Kier alpha value is -1.76. The van der Waals surface area contributed by atoms with E-state index in [1.165, 1.54) is 23.2 Å². The second-order valence-corrected chi connectivity index (χ2v) is 6.54. The van der Waals surface area contributed by atoms with Crippen LogP contribution in [0.2, 0.25) is 10.0 Å². The number of carbonyl (C=O) groups is 1. The first kappa shape index (κ1) is 21.5. The molecule has 0 N–H and O–H groups in total. The van der Waals surface area contributed by atoms with Crippen LogP contribution in [-0.4, -0.2) is 29.0 Å². The molecule has 0 saturated heterocycles. The number of rotatable bonds is 6. The second kappa shape index (κ2) is 8.95. The summed E-state index contributed by atoms with van der Waals surface area (Å²) < 4.78 is 40.1. The van der Waals surface area contributed by atoms with Crippen molar-refractivity contribution in [2.45, 2.75) is 26.6 Å². The van der Waals surface area contributed by atoms with Crippen molar-refractivity contribution in [3.8, 4) is 0 Å². The van der Waals surface area contributed by atoms with E-state index in [-0.39, 0.29) is 11.6 Å². The van der Waals surface area contributed by atoms with Gasteiger partial charge in [-0.05, 0) is 23.8 Å². The molecule has 2 aromatic rings. The summed E-state index contributed by atoms with van der Waals surface area (Å²) in [5.74, 6) is -0.748. The van der Waals surface area contributed by atoms with Crippen molar-refractivity contribution >= 4 is 29.1 Å². The highest BCUT2D eigenvalue weighted by atomic mass is 35.5. The van der Waals surface area contributed by atoms with Gasteiger partial charge in [-0.25, -0.2) is 5.01 Å². The molecule has 8 heteroatoms. The number of halogens is 5. The van der Waals surface area contributed by atoms with Crippen molar-refractivity contribution in [1.29, 1.82) is 0 Å². The third kappa shape index (κ3) is 4.94. The maximum absolute atomic E-state index is 13.4. The van der Waals surface area contributed by atoms with E-state index in [9.17, 15) is 18.0 Å². The van der Waals surface area contributed by atoms with Gasteiger partial charge in [-0.3, -0.25) is 9.80 Å². The molecule has 0 aliphatic rings. The average Bonchev–Trinajstić information content (AvgIpc) is 2.64. The van der Waals surface area contributed by atoms with Crippen molar-refractivity contribution in [2.75, 3.05) is 13.1 Å². The molecule has 1 amide bonds. The molecule has 0 saturated carbocycles. The van der Waals surface area contributed by atoms with Gasteiger partial charge in [0.1, 0.15) is 0 Å². The van der Waals surface area contributed by atoms with Crippen LogP contribution >= 0.6 is 23.2 Å². The number of hydrogen-bond donors (Lipinski definition) is 0. The quantitative estimate of drug-likeness (QED) is 0.544. The Labute approximate surface area is 166 Å². The Morgan fingerprint density at radius 2 is 1.63 bits per heavy atom. The average molecular weight is 419 g/mol. The summed E-state index contributed by atoms with van der Waals surface area (Å²) in [6, 6.07) is 9.73. The fourth-order valence-electron chi connectivity index (χ4n) is 2.75. The predicted octanol–water partition coefficient (Wildman–Crippen LogP) is 5.91. The topological polar surface area (TPSA) is 23.6 Å². The lowest BCUT2D eigenvalue weighted by atomic mass is 10.1. The maximum Gasteiger partial charge on any atom is 0.417 e. The fourth-order valence-corrected chi connectivity index (χ4v) is 3.13. The van der Waals surface area contributed by atoms with Gasteiger partial charge in [0.15, 0.2) is 0 Å². The van der Waals surface area contributed by atoms with E-state index in [1.54, 1.807) is 23.2 Å². The van der Waals surface area contributed by atoms with Crippen LogP contribution in [0.25, 0.3) is 0 Å². The van der Waals surface area contributed by atoms with Crippen LogP contribution in [0, 0.1) is 0 Å². The van der Waals surface area contributed by atoms with Crippen molar-refractivity contribution < 1.29 is 18.0 Å². The molecule has 27 heavy (non-hydrogen) atoms. The minimum Gasteiger partial charge on any atom is -0.268 e. The molecular formula is C19H19Cl2F3N2O. The summed E-state index contributed by atoms with van der Waals surface area (Å²) >= 11 is 12.2. The van der Waals surface area contributed by atoms with Gasteiger partial charge in [0.2, 0.25) is 0 Å². The Bertz CT molecular complexity index is 808. The van der Waals surface area contributed by atoms with Gasteiger partial charge in [-0.1, -0.05) is 61.3 Å². The number of amides is 1. The molecule has 0 atom stereocenters. The van der Waals surface area contributed by atoms with E-state index in [2.05, 4.69) is 0 Å². The maximum atomic E-state index is 13.4. The van der Waals surface area contributed by atoms with Crippen molar-refractivity contribution in [2.24, 2.45) is 0 Å². The van der Waals surface area contributed by atoms with Crippen LogP contribution < -0.4 is 0 Å². The third-order valence-electron chi connectivity index (χ3n) is 4.12. The molecule has 3 nitrogen and oxygen atoms in total. The SMILES string of the molecule is CCN(CC)N(Cc1cccc(Cl)c1Cl)C(=O)c1ccccc1C(F)(F)F. The van der Waals surface area contributed by atoms with Gasteiger partial charge in [0, 0.05) is 13.1 Å². The first-order valence-corrected chi connectivity index (χ1v) is 9.12. The Morgan fingerprint density at radius 3 is 2.22 bits per heavy atom. The van der Waals surface area contributed by atoms with Gasteiger partial charge in [0.05, 0.1) is 27.7 Å². The normalized spacial score (nSPS) is 11.7. The molecule has 2 aromatic carbocycles. The zero-order valence-electron chi connectivity index (χ0n) is 14.9. The number of carbonyl (C=O) groups excluding carboxylic acids is 1. The van der Waals surface area contributed by atoms with E-state index < -0.39 is 23.2 Å². The van der Waals surface area contributed by atoms with Gasteiger partial charge >= 0.3 is 6.18 Å². The lowest BCUT2D eigenvalue weighted by molar-refractivity contribution is -0.138. The summed E-state index contributed by atoms with van der Waals surface area (Å²) in [5, 5.41) is 3.53. The zero-order valence-corrected chi connectivity index (χ0v) is 16.4. The van der Waals surface area contributed by atoms with Crippen molar-refractivity contribution in [3.05, 3.63) is 69.2 Å². The summed E-state index contributed by atoms with van der Waals surface area (Å²) in [6.07, 6.45) is -4.63. The summed E-state index contributed by atoms with van der Waals surface area (Å²) in [6.45, 7) is 4.52. The van der Waals surface area contributed by atoms with Crippen LogP contribution in [0.5, 0.6) is 0 Å². The Kier molecular flexibility index (Phi) is 7.14. The molecule has 0 radical (unpaired) electrons. The zero-order chi connectivity index (χ0) is 20.2. The van der Waals surface area contributed by atoms with Crippen molar-refractivity contribution in [3.63, 3.8) is 0 Å². The third-order valence-corrected chi connectivity index (χ3v) is 4.98. The number of alkyl halides is 3. The van der Waals surface area contributed by atoms with E-state index in [1.807, 2.05) is 13.8 Å². The van der Waals surface area contributed by atoms with E-state index in [4.69, 9.17) is 23.2 Å². The van der Waals surface area contributed by atoms with Crippen molar-refractivity contribution in [1.82, 2.24) is 10.0 Å². The highest BCUT2D eigenvalue weighted by Gasteiger charge is 2.36. The smallest absolute Gasteiger partial charge is 0.268 e. The molecule has 0 aliphatic carbocycles. The van der Waals surface area contributed by atoms with E-state index in [0.29, 0.717) is 23.7 Å². The summed E-state index contributed by atoms with van der Waals surface area (Å²) in [5.41, 5.74) is -0.826. The van der Waals surface area contributed by atoms with Gasteiger partial charge in [-0.15, -0.1) is 0 Å². The van der Waals surface area contributed by atoms with Crippen LogP contribution in [0.15, 0.2) is 42.5 Å². The van der Waals surface area contributed by atoms with Gasteiger partial charge < -0.3 is 0 Å². The van der Waals surface area contributed by atoms with E-state index in [0.717, 1.165) is 6.07 Å². The lowest BCUT2D eigenvalue weighted by Crippen LogP contribution is -2.46. The molecule has 0 spiro atoms. The molecular weight excluding hydrogens is 400 g/mol. The number of hydrogen-bond acceptors (Lipinski definition) is 2. The Morgan fingerprint density at radius 1 is 1.00 bits per heavy atom. The molecule has 0 unspecified atom stereocenters. The standard InChI is InChI=1S/C19H19Cl2F3N2O/c1-3-25(4-2)26(12-13-8-7-11-16(20)17(13)21)18(27)14-9-5-6-10-15(14)19(22,23)24/h5-11H,3-4,12H2,1-2H3. The number of benzene rings is 2. The molecule has 0 fully saturated rings. The first-order chi connectivity index (χ1) is 12.7. The second-order valence-electron chi connectivity index (χ2n) is 5.76. The molecule has 0 heterocycles. The minimum absolute atomic E-state index is 0.00605. The summed E-state index contributed by atoms with van der Waals surface area (Å²) in [7, 11) is 0. The monoisotopic (exact) mass is 418 g/mol. The minimum atomic E-state index is -4.63. The Balaban J connectivity index is 2.49. The fraction of sp³-hybridized carbons (Fsp3) is 0.316.